The van der Waals surface area contributed by atoms with E-state index in [0.29, 0.717) is 12.1 Å². The molecule has 26 heavy (non-hydrogen) atoms. The molecule has 1 N–H and O–H groups in total. The van der Waals surface area contributed by atoms with Crippen molar-refractivity contribution in [3.8, 4) is 5.75 Å². The molecule has 0 saturated carbocycles. The molecule has 2 aromatic rings. The minimum Gasteiger partial charge on any atom is -0.497 e. The van der Waals surface area contributed by atoms with E-state index in [9.17, 15) is 13.2 Å². The minimum atomic E-state index is -3.36. The van der Waals surface area contributed by atoms with Crippen molar-refractivity contribution in [3.05, 3.63) is 59.2 Å². The van der Waals surface area contributed by atoms with Gasteiger partial charge in [0.1, 0.15) is 5.75 Å². The number of hydrogen-bond acceptors (Lipinski definition) is 4. The van der Waals surface area contributed by atoms with E-state index in [4.69, 9.17) is 4.74 Å². The zero-order valence-corrected chi connectivity index (χ0v) is 16.6. The van der Waals surface area contributed by atoms with Crippen molar-refractivity contribution < 1.29 is 17.9 Å². The fraction of sp³-hybridized carbons (Fsp3) is 0.350. The monoisotopic (exact) mass is 375 g/mol. The Balaban J connectivity index is 2.17. The van der Waals surface area contributed by atoms with Crippen molar-refractivity contribution in [1.82, 2.24) is 5.32 Å². The molecule has 0 bridgehead atoms. The number of rotatable bonds is 6. The van der Waals surface area contributed by atoms with Crippen LogP contribution in [0.3, 0.4) is 0 Å². The predicted octanol–water partition coefficient (Wildman–Crippen LogP) is 3.11. The van der Waals surface area contributed by atoms with Gasteiger partial charge in [0.15, 0.2) is 9.84 Å². The van der Waals surface area contributed by atoms with Crippen molar-refractivity contribution >= 4 is 15.7 Å². The van der Waals surface area contributed by atoms with Crippen LogP contribution in [0.15, 0.2) is 47.4 Å². The number of aryl methyl sites for hydroxylation is 1. The number of hydrogen-bond donors (Lipinski definition) is 1. The topological polar surface area (TPSA) is 72.5 Å². The van der Waals surface area contributed by atoms with Gasteiger partial charge >= 0.3 is 0 Å². The van der Waals surface area contributed by atoms with E-state index in [0.717, 1.165) is 23.1 Å². The van der Waals surface area contributed by atoms with Crippen LogP contribution < -0.4 is 10.1 Å². The third-order valence-electron chi connectivity index (χ3n) is 4.44. The molecule has 0 aliphatic carbocycles. The second-order valence-corrected chi connectivity index (χ2v) is 9.06. The van der Waals surface area contributed by atoms with Gasteiger partial charge in [0.25, 0.3) is 5.91 Å². The predicted molar refractivity (Wildman–Crippen MR) is 103 cm³/mol. The van der Waals surface area contributed by atoms with Gasteiger partial charge in [-0.15, -0.1) is 0 Å². The van der Waals surface area contributed by atoms with Crippen LogP contribution in [0.2, 0.25) is 0 Å². The fourth-order valence-electron chi connectivity index (χ4n) is 2.62. The van der Waals surface area contributed by atoms with Crippen molar-refractivity contribution in [2.75, 3.05) is 19.9 Å². The van der Waals surface area contributed by atoms with E-state index in [1.54, 1.807) is 20.1 Å². The van der Waals surface area contributed by atoms with E-state index < -0.39 is 9.84 Å². The molecule has 0 radical (unpaired) electrons. The Labute approximate surface area is 155 Å². The van der Waals surface area contributed by atoms with Crippen molar-refractivity contribution in [2.45, 2.75) is 31.1 Å². The van der Waals surface area contributed by atoms with Crippen LogP contribution in [-0.2, 0) is 15.3 Å². The van der Waals surface area contributed by atoms with Gasteiger partial charge in [0, 0.05) is 23.8 Å². The van der Waals surface area contributed by atoms with Crippen LogP contribution in [0.25, 0.3) is 0 Å². The molecule has 0 saturated heterocycles. The zero-order valence-electron chi connectivity index (χ0n) is 15.8. The number of amides is 1. The summed E-state index contributed by atoms with van der Waals surface area (Å²) >= 11 is 0. The normalized spacial score (nSPS) is 11.9. The quantitative estimate of drug-likeness (QED) is 0.842. The summed E-state index contributed by atoms with van der Waals surface area (Å²) in [7, 11) is -1.74. The van der Waals surface area contributed by atoms with E-state index >= 15 is 0 Å². The SMILES string of the molecule is COc1ccc(C(C)(C)CNC(=O)c2cc(S(C)(=O)=O)ccc2C)cc1. The Hall–Kier alpha value is -2.34. The van der Waals surface area contributed by atoms with Gasteiger partial charge in [-0.1, -0.05) is 32.0 Å². The first-order valence-electron chi connectivity index (χ1n) is 8.28. The first-order valence-corrected chi connectivity index (χ1v) is 10.2. The molecule has 140 valence electrons. The lowest BCUT2D eigenvalue weighted by Crippen LogP contribution is -2.37. The van der Waals surface area contributed by atoms with Gasteiger partial charge in [-0.2, -0.15) is 0 Å². The zero-order chi connectivity index (χ0) is 19.5. The van der Waals surface area contributed by atoms with E-state index in [1.807, 2.05) is 38.1 Å². The summed E-state index contributed by atoms with van der Waals surface area (Å²) in [5, 5.41) is 2.92. The van der Waals surface area contributed by atoms with Gasteiger partial charge < -0.3 is 10.1 Å². The number of ether oxygens (including phenoxy) is 1. The van der Waals surface area contributed by atoms with Crippen LogP contribution >= 0.6 is 0 Å². The maximum absolute atomic E-state index is 12.6. The van der Waals surface area contributed by atoms with Gasteiger partial charge in [-0.05, 0) is 42.3 Å². The summed E-state index contributed by atoms with van der Waals surface area (Å²) in [6.45, 7) is 6.28. The Kier molecular flexibility index (Phi) is 5.76. The van der Waals surface area contributed by atoms with Gasteiger partial charge in [0.2, 0.25) is 0 Å². The molecule has 2 rings (SSSR count). The number of sulfone groups is 1. The third kappa shape index (κ3) is 4.64. The van der Waals surface area contributed by atoms with Crippen molar-refractivity contribution in [1.29, 1.82) is 0 Å². The Morgan fingerprint density at radius 2 is 1.73 bits per heavy atom. The number of carbonyl (C=O) groups is 1. The number of nitrogens with one attached hydrogen (secondary N) is 1. The highest BCUT2D eigenvalue weighted by molar-refractivity contribution is 7.90. The van der Waals surface area contributed by atoms with Crippen molar-refractivity contribution in [3.63, 3.8) is 0 Å². The maximum Gasteiger partial charge on any atom is 0.251 e. The largest absolute Gasteiger partial charge is 0.497 e. The van der Waals surface area contributed by atoms with Crippen LogP contribution in [0.1, 0.15) is 35.3 Å². The Morgan fingerprint density at radius 1 is 1.12 bits per heavy atom. The number of methoxy groups -OCH3 is 1. The van der Waals surface area contributed by atoms with E-state index in [-0.39, 0.29) is 16.2 Å². The highest BCUT2D eigenvalue weighted by Crippen LogP contribution is 2.25. The van der Waals surface area contributed by atoms with E-state index in [2.05, 4.69) is 5.32 Å². The van der Waals surface area contributed by atoms with Crippen molar-refractivity contribution in [2.24, 2.45) is 0 Å². The first kappa shape index (κ1) is 20.0. The molecule has 6 heteroatoms. The average molecular weight is 375 g/mol. The summed E-state index contributed by atoms with van der Waals surface area (Å²) in [5.41, 5.74) is 1.89. The van der Waals surface area contributed by atoms with Crippen LogP contribution in [0, 0.1) is 6.92 Å². The highest BCUT2D eigenvalue weighted by Gasteiger charge is 2.23. The summed E-state index contributed by atoms with van der Waals surface area (Å²) in [5.74, 6) is 0.497. The summed E-state index contributed by atoms with van der Waals surface area (Å²) in [4.78, 5) is 12.7. The Morgan fingerprint density at radius 3 is 2.27 bits per heavy atom. The van der Waals surface area contributed by atoms with Crippen LogP contribution in [0.4, 0.5) is 0 Å². The number of benzene rings is 2. The molecule has 5 nitrogen and oxygen atoms in total. The summed E-state index contributed by atoms with van der Waals surface area (Å²) in [6.07, 6.45) is 1.13. The number of carbonyl (C=O) groups excluding carboxylic acids is 1. The van der Waals surface area contributed by atoms with Crippen LogP contribution in [0.5, 0.6) is 5.75 Å². The average Bonchev–Trinajstić information content (AvgIpc) is 2.59. The molecule has 0 spiro atoms. The molecular formula is C20H25NO4S. The van der Waals surface area contributed by atoms with Gasteiger partial charge in [0.05, 0.1) is 12.0 Å². The van der Waals surface area contributed by atoms with Crippen LogP contribution in [-0.4, -0.2) is 34.2 Å². The second kappa shape index (κ2) is 7.50. The molecule has 0 fully saturated rings. The maximum atomic E-state index is 12.6. The lowest BCUT2D eigenvalue weighted by atomic mass is 9.84. The molecule has 0 unspecified atom stereocenters. The minimum absolute atomic E-state index is 0.141. The first-order chi connectivity index (χ1) is 12.0. The van der Waals surface area contributed by atoms with E-state index in [1.165, 1.54) is 12.1 Å². The van der Waals surface area contributed by atoms with Gasteiger partial charge in [-0.3, -0.25) is 4.79 Å². The molecule has 0 aliphatic rings. The fourth-order valence-corrected chi connectivity index (χ4v) is 3.26. The summed E-state index contributed by atoms with van der Waals surface area (Å²) in [6, 6.07) is 12.3. The molecule has 1 amide bonds. The highest BCUT2D eigenvalue weighted by atomic mass is 32.2. The second-order valence-electron chi connectivity index (χ2n) is 7.04. The standard InChI is InChI=1S/C20H25NO4S/c1-14-6-11-17(26(5,23)24)12-18(14)19(22)21-13-20(2,3)15-7-9-16(25-4)10-8-15/h6-12H,13H2,1-5H3,(H,21,22). The molecular weight excluding hydrogens is 350 g/mol. The molecule has 0 aliphatic heterocycles. The Bertz CT molecular complexity index is 900. The lowest BCUT2D eigenvalue weighted by Gasteiger charge is -2.26. The smallest absolute Gasteiger partial charge is 0.251 e. The third-order valence-corrected chi connectivity index (χ3v) is 5.55. The molecule has 0 atom stereocenters. The molecule has 0 aromatic heterocycles. The summed E-state index contributed by atoms with van der Waals surface area (Å²) < 4.78 is 28.6. The lowest BCUT2D eigenvalue weighted by molar-refractivity contribution is 0.0945. The van der Waals surface area contributed by atoms with Gasteiger partial charge in [-0.25, -0.2) is 8.42 Å². The molecule has 0 heterocycles. The molecule has 2 aromatic carbocycles.